The largest absolute Gasteiger partial charge is 0.314 e. The van der Waals surface area contributed by atoms with Gasteiger partial charge in [-0.3, -0.25) is 0 Å². The maximum Gasteiger partial charge on any atom is 0.245 e. The predicted octanol–water partition coefficient (Wildman–Crippen LogP) is 5.12. The van der Waals surface area contributed by atoms with Crippen LogP contribution in [0.2, 0.25) is 37.9 Å². The molecule has 0 N–H and O–H groups in total. The Morgan fingerprint density at radius 2 is 1.53 bits per heavy atom. The summed E-state index contributed by atoms with van der Waals surface area (Å²) in [5.41, 5.74) is 1.16. The van der Waals surface area contributed by atoms with Crippen molar-refractivity contribution in [1.82, 2.24) is 0 Å². The van der Waals surface area contributed by atoms with Crippen LogP contribution in [0, 0.1) is 0 Å². The second-order valence-corrected chi connectivity index (χ2v) is 15.9. The van der Waals surface area contributed by atoms with Crippen LogP contribution < -0.4 is 0 Å². The summed E-state index contributed by atoms with van der Waals surface area (Å²) in [5, 5.41) is 0.176. The molecule has 0 saturated heterocycles. The van der Waals surface area contributed by atoms with Gasteiger partial charge in [0.15, 0.2) is 0 Å². The minimum atomic E-state index is -2.60. The highest BCUT2D eigenvalue weighted by atomic mass is 28.4. The number of benzene rings is 1. The van der Waals surface area contributed by atoms with E-state index in [-0.39, 0.29) is 5.16 Å². The van der Waals surface area contributed by atoms with Crippen molar-refractivity contribution in [3.63, 3.8) is 0 Å². The normalized spacial score (nSPS) is 15.2. The van der Waals surface area contributed by atoms with Gasteiger partial charge in [-0.05, 0) is 23.8 Å². The van der Waals surface area contributed by atoms with Crippen LogP contribution in [0.25, 0.3) is 6.08 Å². The van der Waals surface area contributed by atoms with E-state index >= 15 is 0 Å². The zero-order chi connectivity index (χ0) is 13.1. The molecule has 17 heavy (non-hydrogen) atoms. The third-order valence-corrected chi connectivity index (χ3v) is 11.3. The SMILES string of the molecule is C[Si](C)(C)C(/C=C/c1ccccc1)[Si](C)(C)F. The molecule has 0 bridgehead atoms. The summed E-state index contributed by atoms with van der Waals surface area (Å²) in [7, 11) is -4.08. The Kier molecular flexibility index (Phi) is 4.50. The first kappa shape index (κ1) is 14.4. The van der Waals surface area contributed by atoms with E-state index in [1.54, 1.807) is 0 Å². The van der Waals surface area contributed by atoms with E-state index in [0.717, 1.165) is 5.56 Å². The first-order chi connectivity index (χ1) is 7.71. The molecule has 0 radical (unpaired) electrons. The van der Waals surface area contributed by atoms with Crippen molar-refractivity contribution in [3.8, 4) is 0 Å². The topological polar surface area (TPSA) is 0 Å². The molecule has 0 aromatic heterocycles. The van der Waals surface area contributed by atoms with Crippen molar-refractivity contribution in [3.05, 3.63) is 42.0 Å². The minimum absolute atomic E-state index is 0.176. The maximum atomic E-state index is 14.4. The van der Waals surface area contributed by atoms with Crippen molar-refractivity contribution < 1.29 is 4.11 Å². The van der Waals surface area contributed by atoms with Gasteiger partial charge in [-0.2, -0.15) is 0 Å². The van der Waals surface area contributed by atoms with Gasteiger partial charge in [0.05, 0.1) is 8.07 Å². The van der Waals surface area contributed by atoms with Gasteiger partial charge in [-0.15, -0.1) is 0 Å². The number of hydrogen-bond acceptors (Lipinski definition) is 0. The Bertz CT molecular complexity index is 357. The van der Waals surface area contributed by atoms with E-state index in [1.165, 1.54) is 0 Å². The summed E-state index contributed by atoms with van der Waals surface area (Å²) in [6, 6.07) is 10.2. The lowest BCUT2D eigenvalue weighted by Gasteiger charge is -2.32. The Morgan fingerprint density at radius 3 is 1.94 bits per heavy atom. The Morgan fingerprint density at radius 1 is 1.00 bits per heavy atom. The number of halogens is 1. The van der Waals surface area contributed by atoms with Gasteiger partial charge in [0.2, 0.25) is 8.41 Å². The molecule has 0 spiro atoms. The lowest BCUT2D eigenvalue weighted by Crippen LogP contribution is -2.41. The molecule has 0 fully saturated rings. The van der Waals surface area contributed by atoms with E-state index in [1.807, 2.05) is 31.3 Å². The van der Waals surface area contributed by atoms with Crippen molar-refractivity contribution in [2.45, 2.75) is 37.9 Å². The van der Waals surface area contributed by atoms with Crippen LogP contribution >= 0.6 is 0 Å². The molecule has 1 aromatic rings. The monoisotopic (exact) mass is 266 g/mol. The fourth-order valence-electron chi connectivity index (χ4n) is 2.32. The molecule has 0 heterocycles. The van der Waals surface area contributed by atoms with Crippen molar-refractivity contribution in [2.75, 3.05) is 0 Å². The Hall–Kier alpha value is -0.676. The molecule has 0 aliphatic rings. The van der Waals surface area contributed by atoms with Crippen molar-refractivity contribution in [2.24, 2.45) is 0 Å². The average molecular weight is 267 g/mol. The number of rotatable bonds is 4. The van der Waals surface area contributed by atoms with Gasteiger partial charge in [0, 0.05) is 0 Å². The lowest BCUT2D eigenvalue weighted by atomic mass is 10.2. The van der Waals surface area contributed by atoms with E-state index in [0.29, 0.717) is 0 Å². The molecule has 0 amide bonds. The summed E-state index contributed by atoms with van der Waals surface area (Å²) in [6.07, 6.45) is 4.20. The zero-order valence-corrected chi connectivity index (χ0v) is 13.5. The van der Waals surface area contributed by atoms with Gasteiger partial charge in [0.1, 0.15) is 0 Å². The van der Waals surface area contributed by atoms with E-state index in [4.69, 9.17) is 0 Å². The predicted molar refractivity (Wildman–Crippen MR) is 81.2 cm³/mol. The fourth-order valence-corrected chi connectivity index (χ4v) is 11.8. The zero-order valence-electron chi connectivity index (χ0n) is 11.5. The third-order valence-electron chi connectivity index (χ3n) is 2.95. The summed E-state index contributed by atoms with van der Waals surface area (Å²) >= 11 is 0. The van der Waals surface area contributed by atoms with E-state index in [9.17, 15) is 4.11 Å². The maximum absolute atomic E-state index is 14.4. The van der Waals surface area contributed by atoms with Gasteiger partial charge in [-0.1, -0.05) is 62.1 Å². The summed E-state index contributed by atoms with van der Waals surface area (Å²) in [4.78, 5) is 0. The molecule has 94 valence electrons. The van der Waals surface area contributed by atoms with Gasteiger partial charge in [0.25, 0.3) is 0 Å². The van der Waals surface area contributed by atoms with Crippen LogP contribution in [0.5, 0.6) is 0 Å². The number of allylic oxidation sites excluding steroid dienone is 1. The van der Waals surface area contributed by atoms with Crippen LogP contribution in [0.1, 0.15) is 5.56 Å². The lowest BCUT2D eigenvalue weighted by molar-refractivity contribution is 0.787. The molecule has 3 heteroatoms. The molecule has 1 unspecified atom stereocenters. The first-order valence-electron chi connectivity index (χ1n) is 6.13. The van der Waals surface area contributed by atoms with Crippen LogP contribution in [0.3, 0.4) is 0 Å². The van der Waals surface area contributed by atoms with Crippen LogP contribution in [0.15, 0.2) is 36.4 Å². The van der Waals surface area contributed by atoms with Gasteiger partial charge >= 0.3 is 0 Å². The highest BCUT2D eigenvalue weighted by molar-refractivity contribution is 6.94. The molecule has 0 nitrogen and oxygen atoms in total. The second-order valence-electron chi connectivity index (χ2n) is 6.18. The average Bonchev–Trinajstić information content (AvgIpc) is 2.15. The van der Waals surface area contributed by atoms with E-state index < -0.39 is 16.5 Å². The second kappa shape index (κ2) is 5.31. The summed E-state index contributed by atoms with van der Waals surface area (Å²) in [6.45, 7) is 10.4. The number of hydrogen-bond donors (Lipinski definition) is 0. The van der Waals surface area contributed by atoms with Crippen LogP contribution in [0.4, 0.5) is 4.11 Å². The molecular weight excluding hydrogens is 243 g/mol. The Labute approximate surface area is 107 Å². The highest BCUT2D eigenvalue weighted by Gasteiger charge is 2.40. The molecule has 1 aromatic carbocycles. The quantitative estimate of drug-likeness (QED) is 0.524. The van der Waals surface area contributed by atoms with E-state index in [2.05, 4.69) is 43.9 Å². The summed E-state index contributed by atoms with van der Waals surface area (Å²) < 4.78 is 14.4. The smallest absolute Gasteiger partial charge is 0.245 e. The third kappa shape index (κ3) is 4.60. The van der Waals surface area contributed by atoms with Crippen LogP contribution in [-0.4, -0.2) is 16.5 Å². The molecule has 1 rings (SSSR count). The molecule has 1 atom stereocenters. The van der Waals surface area contributed by atoms with Crippen molar-refractivity contribution in [1.29, 1.82) is 0 Å². The van der Waals surface area contributed by atoms with Crippen molar-refractivity contribution >= 4 is 22.6 Å². The summed E-state index contributed by atoms with van der Waals surface area (Å²) in [5.74, 6) is 0. The fraction of sp³-hybridized carbons (Fsp3) is 0.429. The first-order valence-corrected chi connectivity index (χ1v) is 12.7. The van der Waals surface area contributed by atoms with Crippen LogP contribution in [-0.2, 0) is 0 Å². The standard InChI is InChI=1S/C14H23FSi2/c1-16(2,3)14(17(4,5)15)12-11-13-9-7-6-8-10-13/h6-12,14H,1-5H3/b12-11+. The molecule has 0 aliphatic carbocycles. The van der Waals surface area contributed by atoms with Gasteiger partial charge < -0.3 is 4.11 Å². The highest BCUT2D eigenvalue weighted by Crippen LogP contribution is 2.34. The molecule has 0 aliphatic heterocycles. The van der Waals surface area contributed by atoms with Gasteiger partial charge in [-0.25, -0.2) is 0 Å². The Balaban J connectivity index is 2.92. The molecule has 0 saturated carbocycles. The molecular formula is C14H23FSi2. The minimum Gasteiger partial charge on any atom is -0.314 e.